The number of hydrogen-bond donors (Lipinski definition) is 1. The summed E-state index contributed by atoms with van der Waals surface area (Å²) in [5.41, 5.74) is 1.46. The third-order valence-corrected chi connectivity index (χ3v) is 2.32. The molecule has 2 heteroatoms. The van der Waals surface area contributed by atoms with Gasteiger partial charge >= 0.3 is 0 Å². The van der Waals surface area contributed by atoms with E-state index >= 15 is 0 Å². The number of nitrogens with one attached hydrogen (secondary N) is 1. The van der Waals surface area contributed by atoms with E-state index in [1.807, 2.05) is 0 Å². The SMILES string of the molecule is C1CCC2OCC[NH+]=C2C1. The average Bonchev–Trinajstić information content (AvgIpc) is 2.05. The Morgan fingerprint density at radius 2 is 2.40 bits per heavy atom. The molecule has 1 aliphatic carbocycles. The van der Waals surface area contributed by atoms with Crippen LogP contribution in [0.3, 0.4) is 0 Å². The Balaban J connectivity index is 2.08. The van der Waals surface area contributed by atoms with Crippen LogP contribution >= 0.6 is 0 Å². The first-order valence-corrected chi connectivity index (χ1v) is 4.18. The van der Waals surface area contributed by atoms with E-state index in [1.54, 1.807) is 0 Å². The molecule has 56 valence electrons. The Bertz CT molecular complexity index is 153. The van der Waals surface area contributed by atoms with Crippen molar-refractivity contribution < 1.29 is 9.73 Å². The van der Waals surface area contributed by atoms with Crippen LogP contribution in [-0.4, -0.2) is 25.0 Å². The first-order valence-electron chi connectivity index (χ1n) is 4.18. The predicted octanol–water partition coefficient (Wildman–Crippen LogP) is -0.519. The molecule has 10 heavy (non-hydrogen) atoms. The van der Waals surface area contributed by atoms with Crippen molar-refractivity contribution in [3.8, 4) is 0 Å². The lowest BCUT2D eigenvalue weighted by Gasteiger charge is -2.22. The van der Waals surface area contributed by atoms with Crippen molar-refractivity contribution >= 4 is 5.71 Å². The minimum Gasteiger partial charge on any atom is -0.361 e. The lowest BCUT2D eigenvalue weighted by Crippen LogP contribution is -2.79. The van der Waals surface area contributed by atoms with Crippen molar-refractivity contribution in [1.82, 2.24) is 0 Å². The van der Waals surface area contributed by atoms with Gasteiger partial charge in [0.2, 0.25) is 0 Å². The predicted molar refractivity (Wildman–Crippen MR) is 39.0 cm³/mol. The topological polar surface area (TPSA) is 23.2 Å². The van der Waals surface area contributed by atoms with E-state index in [9.17, 15) is 0 Å². The van der Waals surface area contributed by atoms with Crippen LogP contribution in [0.25, 0.3) is 0 Å². The van der Waals surface area contributed by atoms with E-state index in [2.05, 4.69) is 4.99 Å². The summed E-state index contributed by atoms with van der Waals surface area (Å²) in [6.45, 7) is 1.92. The van der Waals surface area contributed by atoms with E-state index in [0.29, 0.717) is 6.10 Å². The molecule has 1 saturated carbocycles. The standard InChI is InChI=1S/C8H13NO/c1-2-4-8-7(3-1)9-5-6-10-8/h8H,1-6H2/p+1. The molecule has 1 heterocycles. The Hall–Kier alpha value is -0.370. The van der Waals surface area contributed by atoms with Gasteiger partial charge in [0.25, 0.3) is 0 Å². The molecule has 0 radical (unpaired) electrons. The highest BCUT2D eigenvalue weighted by molar-refractivity contribution is 5.84. The highest BCUT2D eigenvalue weighted by Crippen LogP contribution is 2.16. The second kappa shape index (κ2) is 2.70. The van der Waals surface area contributed by atoms with Crippen molar-refractivity contribution in [2.24, 2.45) is 0 Å². The van der Waals surface area contributed by atoms with Gasteiger partial charge in [-0.2, -0.15) is 0 Å². The Morgan fingerprint density at radius 3 is 3.30 bits per heavy atom. The van der Waals surface area contributed by atoms with Crippen molar-refractivity contribution in [2.75, 3.05) is 13.2 Å². The van der Waals surface area contributed by atoms with Gasteiger partial charge in [-0.3, -0.25) is 0 Å². The van der Waals surface area contributed by atoms with Crippen LogP contribution in [0, 0.1) is 0 Å². The lowest BCUT2D eigenvalue weighted by atomic mass is 9.95. The smallest absolute Gasteiger partial charge is 0.179 e. The largest absolute Gasteiger partial charge is 0.361 e. The summed E-state index contributed by atoms with van der Waals surface area (Å²) in [7, 11) is 0. The molecule has 0 aromatic heterocycles. The van der Waals surface area contributed by atoms with Crippen molar-refractivity contribution in [3.05, 3.63) is 0 Å². The van der Waals surface area contributed by atoms with E-state index in [0.717, 1.165) is 13.2 Å². The van der Waals surface area contributed by atoms with Crippen LogP contribution in [0.1, 0.15) is 25.7 Å². The third-order valence-electron chi connectivity index (χ3n) is 2.32. The molecule has 0 aromatic carbocycles. The average molecular weight is 140 g/mol. The normalized spacial score (nSPS) is 32.8. The zero-order valence-corrected chi connectivity index (χ0v) is 6.23. The zero-order valence-electron chi connectivity index (χ0n) is 6.23. The minimum absolute atomic E-state index is 0.461. The highest BCUT2D eigenvalue weighted by Gasteiger charge is 2.27. The number of fused-ring (bicyclic) bond motifs is 1. The van der Waals surface area contributed by atoms with Gasteiger partial charge in [0, 0.05) is 6.42 Å². The van der Waals surface area contributed by atoms with Crippen LogP contribution in [0.4, 0.5) is 0 Å². The second-order valence-electron chi connectivity index (χ2n) is 3.06. The molecule has 0 bridgehead atoms. The highest BCUT2D eigenvalue weighted by atomic mass is 16.5. The summed E-state index contributed by atoms with van der Waals surface area (Å²) >= 11 is 0. The van der Waals surface area contributed by atoms with Gasteiger partial charge < -0.3 is 4.74 Å². The van der Waals surface area contributed by atoms with Crippen LogP contribution < -0.4 is 4.99 Å². The Morgan fingerprint density at radius 1 is 1.40 bits per heavy atom. The van der Waals surface area contributed by atoms with Crippen LogP contribution in [0.5, 0.6) is 0 Å². The van der Waals surface area contributed by atoms with Crippen molar-refractivity contribution in [1.29, 1.82) is 0 Å². The molecular weight excluding hydrogens is 126 g/mol. The molecule has 2 rings (SSSR count). The summed E-state index contributed by atoms with van der Waals surface area (Å²) in [5.74, 6) is 0. The van der Waals surface area contributed by atoms with E-state index in [-0.39, 0.29) is 0 Å². The molecule has 0 saturated heterocycles. The molecule has 1 unspecified atom stereocenters. The van der Waals surface area contributed by atoms with E-state index in [4.69, 9.17) is 4.74 Å². The molecule has 1 atom stereocenters. The first kappa shape index (κ1) is 6.35. The van der Waals surface area contributed by atoms with Gasteiger partial charge in [0.15, 0.2) is 12.3 Å². The lowest BCUT2D eigenvalue weighted by molar-refractivity contribution is -0.478. The third kappa shape index (κ3) is 1.08. The fourth-order valence-electron chi connectivity index (χ4n) is 1.78. The van der Waals surface area contributed by atoms with E-state index < -0.39 is 0 Å². The Labute approximate surface area is 61.3 Å². The molecule has 0 spiro atoms. The maximum atomic E-state index is 5.58. The van der Waals surface area contributed by atoms with Crippen LogP contribution in [0.2, 0.25) is 0 Å². The van der Waals surface area contributed by atoms with Gasteiger partial charge in [0.05, 0.1) is 0 Å². The van der Waals surface area contributed by atoms with Crippen LogP contribution in [0.15, 0.2) is 0 Å². The van der Waals surface area contributed by atoms with Crippen molar-refractivity contribution in [2.45, 2.75) is 31.8 Å². The van der Waals surface area contributed by atoms with Gasteiger partial charge in [-0.15, -0.1) is 0 Å². The summed E-state index contributed by atoms with van der Waals surface area (Å²) < 4.78 is 5.58. The van der Waals surface area contributed by atoms with Gasteiger partial charge in [-0.05, 0) is 19.3 Å². The maximum absolute atomic E-state index is 5.58. The molecule has 2 aliphatic rings. The van der Waals surface area contributed by atoms with E-state index in [1.165, 1.54) is 31.4 Å². The molecule has 1 fully saturated rings. The molecule has 1 N–H and O–H groups in total. The van der Waals surface area contributed by atoms with Crippen molar-refractivity contribution in [3.63, 3.8) is 0 Å². The fourth-order valence-corrected chi connectivity index (χ4v) is 1.78. The summed E-state index contributed by atoms with van der Waals surface area (Å²) in [4.78, 5) is 3.41. The summed E-state index contributed by atoms with van der Waals surface area (Å²) in [6, 6.07) is 0. The quantitative estimate of drug-likeness (QED) is 0.481. The fraction of sp³-hybridized carbons (Fsp3) is 0.875. The molecular formula is C8H14NO+. The minimum atomic E-state index is 0.461. The Kier molecular flexibility index (Phi) is 1.72. The van der Waals surface area contributed by atoms with Gasteiger partial charge in [-0.25, -0.2) is 4.99 Å². The first-order chi connectivity index (χ1) is 4.97. The molecule has 0 aromatic rings. The van der Waals surface area contributed by atoms with Crippen LogP contribution in [-0.2, 0) is 4.74 Å². The van der Waals surface area contributed by atoms with Gasteiger partial charge in [0.1, 0.15) is 12.7 Å². The number of hydrogen-bond acceptors (Lipinski definition) is 1. The number of rotatable bonds is 0. The summed E-state index contributed by atoms with van der Waals surface area (Å²) in [6.07, 6.45) is 5.63. The maximum Gasteiger partial charge on any atom is 0.179 e. The molecule has 1 aliphatic heterocycles. The zero-order chi connectivity index (χ0) is 6.81. The summed E-state index contributed by atoms with van der Waals surface area (Å²) in [5, 5.41) is 0. The second-order valence-corrected chi connectivity index (χ2v) is 3.06. The molecule has 2 nitrogen and oxygen atoms in total. The van der Waals surface area contributed by atoms with Gasteiger partial charge in [-0.1, -0.05) is 0 Å². The monoisotopic (exact) mass is 140 g/mol. The number of ether oxygens (including phenoxy) is 1. The molecule has 0 amide bonds.